The van der Waals surface area contributed by atoms with Crippen molar-refractivity contribution >= 4 is 0 Å². The molecule has 2 heterocycles. The van der Waals surface area contributed by atoms with E-state index < -0.39 is 0 Å². The van der Waals surface area contributed by atoms with Gasteiger partial charge in [0.05, 0.1) is 17.8 Å². The maximum Gasteiger partial charge on any atom is 0.142 e. The standard InChI is InChI=1S/C9H12N2O/c1-6-5-7(10)9-8(12-6)3-2-4-11-9/h2-4,6-7H,5,10H2,1H3. The summed E-state index contributed by atoms with van der Waals surface area (Å²) in [7, 11) is 0. The summed E-state index contributed by atoms with van der Waals surface area (Å²) < 4.78 is 5.56. The van der Waals surface area contributed by atoms with Crippen LogP contribution in [0.5, 0.6) is 5.75 Å². The lowest BCUT2D eigenvalue weighted by Gasteiger charge is -2.26. The van der Waals surface area contributed by atoms with E-state index in [4.69, 9.17) is 10.5 Å². The molecule has 0 bridgehead atoms. The van der Waals surface area contributed by atoms with E-state index in [1.165, 1.54) is 0 Å². The molecule has 1 aliphatic rings. The summed E-state index contributed by atoms with van der Waals surface area (Å²) in [5, 5.41) is 0. The van der Waals surface area contributed by atoms with E-state index in [0.717, 1.165) is 17.9 Å². The van der Waals surface area contributed by atoms with E-state index >= 15 is 0 Å². The number of fused-ring (bicyclic) bond motifs is 1. The summed E-state index contributed by atoms with van der Waals surface area (Å²) in [5.41, 5.74) is 6.78. The maximum atomic E-state index is 5.89. The van der Waals surface area contributed by atoms with Crippen molar-refractivity contribution in [2.75, 3.05) is 0 Å². The smallest absolute Gasteiger partial charge is 0.142 e. The second kappa shape index (κ2) is 2.75. The third-order valence-electron chi connectivity index (χ3n) is 2.06. The maximum absolute atomic E-state index is 5.89. The van der Waals surface area contributed by atoms with E-state index in [9.17, 15) is 0 Å². The lowest BCUT2D eigenvalue weighted by Crippen LogP contribution is -2.27. The zero-order chi connectivity index (χ0) is 8.55. The third-order valence-corrected chi connectivity index (χ3v) is 2.06. The van der Waals surface area contributed by atoms with E-state index in [1.54, 1.807) is 6.20 Å². The van der Waals surface area contributed by atoms with Crippen molar-refractivity contribution in [1.82, 2.24) is 4.98 Å². The molecule has 64 valence electrons. The van der Waals surface area contributed by atoms with Crippen LogP contribution in [0.3, 0.4) is 0 Å². The average Bonchev–Trinajstić information content (AvgIpc) is 2.04. The molecule has 0 spiro atoms. The molecule has 2 unspecified atom stereocenters. The first-order chi connectivity index (χ1) is 5.77. The molecule has 0 radical (unpaired) electrons. The van der Waals surface area contributed by atoms with Gasteiger partial charge in [0.2, 0.25) is 0 Å². The molecule has 2 N–H and O–H groups in total. The van der Waals surface area contributed by atoms with Crippen LogP contribution in [-0.4, -0.2) is 11.1 Å². The SMILES string of the molecule is CC1CC(N)c2ncccc2O1. The Morgan fingerprint density at radius 3 is 3.33 bits per heavy atom. The summed E-state index contributed by atoms with van der Waals surface area (Å²) in [6, 6.07) is 3.81. The van der Waals surface area contributed by atoms with Gasteiger partial charge in [0, 0.05) is 12.6 Å². The first-order valence-electron chi connectivity index (χ1n) is 4.14. The zero-order valence-electron chi connectivity index (χ0n) is 7.03. The quantitative estimate of drug-likeness (QED) is 0.627. The fraction of sp³-hybridized carbons (Fsp3) is 0.444. The van der Waals surface area contributed by atoms with Gasteiger partial charge in [-0.15, -0.1) is 0 Å². The number of hydrogen-bond acceptors (Lipinski definition) is 3. The van der Waals surface area contributed by atoms with Crippen molar-refractivity contribution in [2.24, 2.45) is 5.73 Å². The van der Waals surface area contributed by atoms with Crippen LogP contribution in [-0.2, 0) is 0 Å². The Kier molecular flexibility index (Phi) is 1.73. The van der Waals surface area contributed by atoms with Gasteiger partial charge in [0.15, 0.2) is 0 Å². The second-order valence-corrected chi connectivity index (χ2v) is 3.16. The van der Waals surface area contributed by atoms with Crippen molar-refractivity contribution < 1.29 is 4.74 Å². The Morgan fingerprint density at radius 1 is 1.67 bits per heavy atom. The summed E-state index contributed by atoms with van der Waals surface area (Å²) in [6.45, 7) is 2.02. The highest BCUT2D eigenvalue weighted by atomic mass is 16.5. The topological polar surface area (TPSA) is 48.1 Å². The van der Waals surface area contributed by atoms with Gasteiger partial charge in [-0.2, -0.15) is 0 Å². The monoisotopic (exact) mass is 164 g/mol. The van der Waals surface area contributed by atoms with Crippen LogP contribution < -0.4 is 10.5 Å². The molecule has 0 saturated heterocycles. The van der Waals surface area contributed by atoms with Gasteiger partial charge in [0.1, 0.15) is 5.75 Å². The number of nitrogens with two attached hydrogens (primary N) is 1. The van der Waals surface area contributed by atoms with Gasteiger partial charge in [-0.1, -0.05) is 0 Å². The number of ether oxygens (including phenoxy) is 1. The molecule has 1 aliphatic heterocycles. The molecular weight excluding hydrogens is 152 g/mol. The van der Waals surface area contributed by atoms with Crippen LogP contribution in [0.4, 0.5) is 0 Å². The highest BCUT2D eigenvalue weighted by molar-refractivity contribution is 5.31. The molecule has 0 fully saturated rings. The van der Waals surface area contributed by atoms with Crippen LogP contribution >= 0.6 is 0 Å². The van der Waals surface area contributed by atoms with Crippen LogP contribution in [0.2, 0.25) is 0 Å². The Labute approximate surface area is 71.6 Å². The molecule has 3 heteroatoms. The number of pyridine rings is 1. The number of nitrogens with zero attached hydrogens (tertiary/aromatic N) is 1. The molecule has 2 rings (SSSR count). The van der Waals surface area contributed by atoms with Gasteiger partial charge in [-0.3, -0.25) is 4.98 Å². The van der Waals surface area contributed by atoms with Crippen LogP contribution in [0.15, 0.2) is 18.3 Å². The molecule has 12 heavy (non-hydrogen) atoms. The fourth-order valence-electron chi connectivity index (χ4n) is 1.51. The summed E-state index contributed by atoms with van der Waals surface area (Å²) in [5.74, 6) is 0.837. The second-order valence-electron chi connectivity index (χ2n) is 3.16. The predicted octanol–water partition coefficient (Wildman–Crippen LogP) is 1.25. The Morgan fingerprint density at radius 2 is 2.50 bits per heavy atom. The summed E-state index contributed by atoms with van der Waals surface area (Å²) in [6.07, 6.45) is 2.80. The molecule has 3 nitrogen and oxygen atoms in total. The predicted molar refractivity (Wildman–Crippen MR) is 45.9 cm³/mol. The van der Waals surface area contributed by atoms with Crippen molar-refractivity contribution in [3.63, 3.8) is 0 Å². The minimum absolute atomic E-state index is 0.0324. The lowest BCUT2D eigenvalue weighted by molar-refractivity contribution is 0.174. The first-order valence-corrected chi connectivity index (χ1v) is 4.14. The highest BCUT2D eigenvalue weighted by Gasteiger charge is 2.23. The molecule has 1 aromatic heterocycles. The van der Waals surface area contributed by atoms with Crippen LogP contribution in [0, 0.1) is 0 Å². The Hall–Kier alpha value is -1.09. The molecule has 0 amide bonds. The third kappa shape index (κ3) is 1.16. The minimum atomic E-state index is 0.0324. The van der Waals surface area contributed by atoms with Crippen molar-refractivity contribution in [2.45, 2.75) is 25.5 Å². The lowest BCUT2D eigenvalue weighted by atomic mass is 10.0. The number of rotatable bonds is 0. The molecular formula is C9H12N2O. The highest BCUT2D eigenvalue weighted by Crippen LogP contribution is 2.30. The Balaban J connectivity index is 2.40. The molecule has 0 aliphatic carbocycles. The van der Waals surface area contributed by atoms with Gasteiger partial charge < -0.3 is 10.5 Å². The molecule has 2 atom stereocenters. The van der Waals surface area contributed by atoms with Gasteiger partial charge >= 0.3 is 0 Å². The number of hydrogen-bond donors (Lipinski definition) is 1. The van der Waals surface area contributed by atoms with Crippen LogP contribution in [0.25, 0.3) is 0 Å². The Bertz CT molecular complexity index is 288. The zero-order valence-corrected chi connectivity index (χ0v) is 7.03. The van der Waals surface area contributed by atoms with Gasteiger partial charge in [-0.05, 0) is 19.1 Å². The summed E-state index contributed by atoms with van der Waals surface area (Å²) >= 11 is 0. The molecule has 0 saturated carbocycles. The average molecular weight is 164 g/mol. The van der Waals surface area contributed by atoms with E-state index in [-0.39, 0.29) is 12.1 Å². The van der Waals surface area contributed by atoms with Gasteiger partial charge in [-0.25, -0.2) is 0 Å². The largest absolute Gasteiger partial charge is 0.489 e. The van der Waals surface area contributed by atoms with Crippen LogP contribution in [0.1, 0.15) is 25.1 Å². The van der Waals surface area contributed by atoms with E-state index in [0.29, 0.717) is 0 Å². The van der Waals surface area contributed by atoms with Crippen molar-refractivity contribution in [1.29, 1.82) is 0 Å². The summed E-state index contributed by atoms with van der Waals surface area (Å²) in [4.78, 5) is 4.18. The first kappa shape index (κ1) is 7.55. The van der Waals surface area contributed by atoms with Crippen molar-refractivity contribution in [3.05, 3.63) is 24.0 Å². The van der Waals surface area contributed by atoms with E-state index in [2.05, 4.69) is 4.98 Å². The molecule has 1 aromatic rings. The fourth-order valence-corrected chi connectivity index (χ4v) is 1.51. The van der Waals surface area contributed by atoms with E-state index in [1.807, 2.05) is 19.1 Å². The van der Waals surface area contributed by atoms with Gasteiger partial charge in [0.25, 0.3) is 0 Å². The van der Waals surface area contributed by atoms with Crippen molar-refractivity contribution in [3.8, 4) is 5.75 Å². The number of aromatic nitrogens is 1. The normalized spacial score (nSPS) is 27.5. The minimum Gasteiger partial charge on any atom is -0.489 e. The molecule has 0 aromatic carbocycles.